The molecule has 64 valence electrons. The Morgan fingerprint density at radius 3 is 2.91 bits per heavy atom. The second kappa shape index (κ2) is 3.72. The third-order valence-corrected chi connectivity index (χ3v) is 2.38. The molecule has 0 aromatic carbocycles. The van der Waals surface area contributed by atoms with Crippen LogP contribution in [0.15, 0.2) is 0 Å². The van der Waals surface area contributed by atoms with Crippen LogP contribution in [0.3, 0.4) is 0 Å². The number of likely N-dealkylation sites (tertiary alicyclic amines) is 1. The molecule has 0 aromatic heterocycles. The van der Waals surface area contributed by atoms with Gasteiger partial charge in [0.1, 0.15) is 0 Å². The summed E-state index contributed by atoms with van der Waals surface area (Å²) in [5.74, 6) is 0.323. The van der Waals surface area contributed by atoms with E-state index in [4.69, 9.17) is 11.1 Å². The molecular formula is C8H17N3. The van der Waals surface area contributed by atoms with Crippen molar-refractivity contribution >= 4 is 5.84 Å². The maximum absolute atomic E-state index is 7.17. The van der Waals surface area contributed by atoms with E-state index in [0.29, 0.717) is 11.9 Å². The SMILES string of the molecule is CN1CCCCC1CC(=N)N. The van der Waals surface area contributed by atoms with Gasteiger partial charge in [0.2, 0.25) is 0 Å². The van der Waals surface area contributed by atoms with Crippen molar-refractivity contribution in [3.05, 3.63) is 0 Å². The van der Waals surface area contributed by atoms with E-state index in [2.05, 4.69) is 11.9 Å². The summed E-state index contributed by atoms with van der Waals surface area (Å²) in [4.78, 5) is 2.31. The lowest BCUT2D eigenvalue weighted by Crippen LogP contribution is -2.38. The minimum absolute atomic E-state index is 0.323. The zero-order valence-electron chi connectivity index (χ0n) is 7.14. The Morgan fingerprint density at radius 2 is 2.36 bits per heavy atom. The average molecular weight is 155 g/mol. The number of hydrogen-bond acceptors (Lipinski definition) is 2. The Labute approximate surface area is 68.1 Å². The fraction of sp³-hybridized carbons (Fsp3) is 0.875. The number of hydrogen-bond donors (Lipinski definition) is 2. The van der Waals surface area contributed by atoms with Gasteiger partial charge in [-0.05, 0) is 26.4 Å². The number of nitrogens with zero attached hydrogens (tertiary/aromatic N) is 1. The van der Waals surface area contributed by atoms with Gasteiger partial charge in [0.05, 0.1) is 5.84 Å². The Kier molecular flexibility index (Phi) is 2.88. The second-order valence-electron chi connectivity index (χ2n) is 3.36. The van der Waals surface area contributed by atoms with E-state index in [1.807, 2.05) is 0 Å². The van der Waals surface area contributed by atoms with Crippen LogP contribution in [0.4, 0.5) is 0 Å². The van der Waals surface area contributed by atoms with Gasteiger partial charge in [-0.3, -0.25) is 5.41 Å². The fourth-order valence-electron chi connectivity index (χ4n) is 1.66. The van der Waals surface area contributed by atoms with Crippen molar-refractivity contribution in [1.82, 2.24) is 4.90 Å². The van der Waals surface area contributed by atoms with Gasteiger partial charge in [0, 0.05) is 12.5 Å². The van der Waals surface area contributed by atoms with Crippen molar-refractivity contribution < 1.29 is 0 Å². The van der Waals surface area contributed by atoms with Crippen LogP contribution in [0, 0.1) is 5.41 Å². The lowest BCUT2D eigenvalue weighted by Gasteiger charge is -2.31. The Balaban J connectivity index is 2.35. The van der Waals surface area contributed by atoms with Gasteiger partial charge < -0.3 is 10.6 Å². The van der Waals surface area contributed by atoms with E-state index in [1.54, 1.807) is 0 Å². The quantitative estimate of drug-likeness (QED) is 0.457. The van der Waals surface area contributed by atoms with Crippen molar-refractivity contribution in [1.29, 1.82) is 5.41 Å². The number of piperidine rings is 1. The van der Waals surface area contributed by atoms with Crippen LogP contribution in [0.25, 0.3) is 0 Å². The fourth-order valence-corrected chi connectivity index (χ4v) is 1.66. The van der Waals surface area contributed by atoms with Crippen LogP contribution in [-0.2, 0) is 0 Å². The van der Waals surface area contributed by atoms with Crippen molar-refractivity contribution in [2.45, 2.75) is 31.7 Å². The largest absolute Gasteiger partial charge is 0.388 e. The van der Waals surface area contributed by atoms with Crippen LogP contribution in [0.1, 0.15) is 25.7 Å². The van der Waals surface area contributed by atoms with Gasteiger partial charge in [0.15, 0.2) is 0 Å². The van der Waals surface area contributed by atoms with Crippen LogP contribution in [0.2, 0.25) is 0 Å². The zero-order chi connectivity index (χ0) is 8.27. The topological polar surface area (TPSA) is 53.1 Å². The molecule has 0 radical (unpaired) electrons. The van der Waals surface area contributed by atoms with Gasteiger partial charge in [0.25, 0.3) is 0 Å². The highest BCUT2D eigenvalue weighted by Gasteiger charge is 2.18. The maximum Gasteiger partial charge on any atom is 0.0921 e. The second-order valence-corrected chi connectivity index (χ2v) is 3.36. The molecule has 1 aliphatic rings. The lowest BCUT2D eigenvalue weighted by atomic mass is 10.00. The molecule has 0 spiro atoms. The molecule has 0 aromatic rings. The van der Waals surface area contributed by atoms with Gasteiger partial charge in [-0.1, -0.05) is 6.42 Å². The molecule has 11 heavy (non-hydrogen) atoms. The molecule has 3 heteroatoms. The highest BCUT2D eigenvalue weighted by atomic mass is 15.1. The van der Waals surface area contributed by atoms with Crippen LogP contribution in [-0.4, -0.2) is 30.4 Å². The Morgan fingerprint density at radius 1 is 1.64 bits per heavy atom. The van der Waals surface area contributed by atoms with Crippen molar-refractivity contribution in [3.8, 4) is 0 Å². The van der Waals surface area contributed by atoms with Crippen molar-refractivity contribution in [3.63, 3.8) is 0 Å². The average Bonchev–Trinajstić information content (AvgIpc) is 1.93. The number of rotatable bonds is 2. The molecule has 1 heterocycles. The molecule has 1 unspecified atom stereocenters. The summed E-state index contributed by atoms with van der Waals surface area (Å²) in [5, 5.41) is 7.17. The third kappa shape index (κ3) is 2.50. The molecule has 1 atom stereocenters. The monoisotopic (exact) mass is 155 g/mol. The van der Waals surface area contributed by atoms with Crippen LogP contribution >= 0.6 is 0 Å². The lowest BCUT2D eigenvalue weighted by molar-refractivity contribution is 0.190. The van der Waals surface area contributed by atoms with E-state index >= 15 is 0 Å². The first-order chi connectivity index (χ1) is 5.20. The summed E-state index contributed by atoms with van der Waals surface area (Å²) >= 11 is 0. The summed E-state index contributed by atoms with van der Waals surface area (Å²) in [5.41, 5.74) is 5.34. The Bertz CT molecular complexity index is 144. The smallest absolute Gasteiger partial charge is 0.0921 e. The summed E-state index contributed by atoms with van der Waals surface area (Å²) in [7, 11) is 2.12. The van der Waals surface area contributed by atoms with Gasteiger partial charge in [-0.15, -0.1) is 0 Å². The Hall–Kier alpha value is -0.570. The third-order valence-electron chi connectivity index (χ3n) is 2.38. The van der Waals surface area contributed by atoms with Crippen molar-refractivity contribution in [2.75, 3.05) is 13.6 Å². The molecule has 3 nitrogen and oxygen atoms in total. The van der Waals surface area contributed by atoms with Crippen LogP contribution < -0.4 is 5.73 Å². The normalized spacial score (nSPS) is 26.8. The highest BCUT2D eigenvalue weighted by molar-refractivity contribution is 5.77. The van der Waals surface area contributed by atoms with E-state index in [1.165, 1.54) is 19.3 Å². The molecular weight excluding hydrogens is 138 g/mol. The van der Waals surface area contributed by atoms with E-state index < -0.39 is 0 Å². The molecule has 1 saturated heterocycles. The van der Waals surface area contributed by atoms with Gasteiger partial charge >= 0.3 is 0 Å². The predicted molar refractivity (Wildman–Crippen MR) is 46.8 cm³/mol. The zero-order valence-corrected chi connectivity index (χ0v) is 7.14. The molecule has 1 aliphatic heterocycles. The van der Waals surface area contributed by atoms with Crippen molar-refractivity contribution in [2.24, 2.45) is 5.73 Å². The summed E-state index contributed by atoms with van der Waals surface area (Å²) in [6, 6.07) is 0.529. The minimum atomic E-state index is 0.323. The van der Waals surface area contributed by atoms with E-state index in [-0.39, 0.29) is 0 Å². The molecule has 0 saturated carbocycles. The first-order valence-corrected chi connectivity index (χ1v) is 4.23. The number of amidine groups is 1. The molecule has 0 bridgehead atoms. The van der Waals surface area contributed by atoms with Gasteiger partial charge in [-0.2, -0.15) is 0 Å². The summed E-state index contributed by atoms with van der Waals surface area (Å²) in [6.45, 7) is 1.16. The minimum Gasteiger partial charge on any atom is -0.388 e. The van der Waals surface area contributed by atoms with Gasteiger partial charge in [-0.25, -0.2) is 0 Å². The highest BCUT2D eigenvalue weighted by Crippen LogP contribution is 2.16. The molecule has 0 aliphatic carbocycles. The van der Waals surface area contributed by atoms with E-state index in [0.717, 1.165) is 13.0 Å². The number of nitrogens with one attached hydrogen (secondary N) is 1. The molecule has 1 fully saturated rings. The summed E-state index contributed by atoms with van der Waals surface area (Å²) < 4.78 is 0. The molecule has 3 N–H and O–H groups in total. The van der Waals surface area contributed by atoms with Crippen LogP contribution in [0.5, 0.6) is 0 Å². The maximum atomic E-state index is 7.17. The summed E-state index contributed by atoms with van der Waals surface area (Å²) in [6.07, 6.45) is 4.54. The predicted octanol–water partition coefficient (Wildman–Crippen LogP) is 0.797. The first kappa shape index (κ1) is 8.53. The number of nitrogens with two attached hydrogens (primary N) is 1. The first-order valence-electron chi connectivity index (χ1n) is 4.23. The molecule has 1 rings (SSSR count). The standard InChI is InChI=1S/C8H17N3/c1-11-5-3-2-4-7(11)6-8(9)10/h7H,2-6H2,1H3,(H3,9,10). The van der Waals surface area contributed by atoms with E-state index in [9.17, 15) is 0 Å². The molecule has 0 amide bonds.